The van der Waals surface area contributed by atoms with Gasteiger partial charge < -0.3 is 9.13 Å². The molecular weight excluding hydrogens is 519 g/mol. The van der Waals surface area contributed by atoms with Crippen LogP contribution in [0.3, 0.4) is 0 Å². The highest BCUT2D eigenvalue weighted by Gasteiger charge is 2.37. The fraction of sp³-hybridized carbons (Fsp3) is 0.162. The number of fused-ring (bicyclic) bond motifs is 3. The summed E-state index contributed by atoms with van der Waals surface area (Å²) >= 11 is 0. The first kappa shape index (κ1) is 25.6. The second-order valence-corrected chi connectivity index (χ2v) is 14.2. The molecule has 5 aromatic carbocycles. The van der Waals surface area contributed by atoms with Crippen molar-refractivity contribution in [3.05, 3.63) is 127 Å². The van der Waals surface area contributed by atoms with Crippen molar-refractivity contribution in [3.8, 4) is 22.9 Å². The Morgan fingerprint density at radius 3 is 2.00 bits per heavy atom. The summed E-state index contributed by atoms with van der Waals surface area (Å²) in [7, 11) is -2.82. The minimum atomic E-state index is -2.82. The van der Waals surface area contributed by atoms with Gasteiger partial charge in [-0.05, 0) is 72.5 Å². The van der Waals surface area contributed by atoms with Crippen LogP contribution in [0.2, 0.25) is 0 Å². The van der Waals surface area contributed by atoms with Crippen molar-refractivity contribution >= 4 is 39.6 Å². The first-order valence-electron chi connectivity index (χ1n) is 14.5. The van der Waals surface area contributed by atoms with Crippen molar-refractivity contribution in [1.29, 1.82) is 5.26 Å². The van der Waals surface area contributed by atoms with Crippen molar-refractivity contribution < 1.29 is 4.57 Å². The molecule has 1 aliphatic carbocycles. The molecule has 1 saturated carbocycles. The molecule has 1 atom stereocenters. The van der Waals surface area contributed by atoms with Crippen LogP contribution in [0.25, 0.3) is 38.6 Å². The second-order valence-electron chi connectivity index (χ2n) is 11.1. The van der Waals surface area contributed by atoms with Crippen molar-refractivity contribution in [2.75, 3.05) is 0 Å². The molecule has 1 aliphatic rings. The van der Waals surface area contributed by atoms with Gasteiger partial charge in [-0.15, -0.1) is 0 Å². The molecule has 0 bridgehead atoms. The molecule has 0 saturated heterocycles. The number of hydrogen-bond acceptors (Lipinski definition) is 2. The third-order valence-corrected chi connectivity index (χ3v) is 12.4. The first-order chi connectivity index (χ1) is 20.2. The average Bonchev–Trinajstić information content (AvgIpc) is 3.38. The molecule has 0 N–H and O–H groups in total. The van der Waals surface area contributed by atoms with Gasteiger partial charge in [-0.25, -0.2) is 0 Å². The van der Waals surface area contributed by atoms with Gasteiger partial charge in [0.25, 0.3) is 0 Å². The highest BCUT2D eigenvalue weighted by Crippen LogP contribution is 2.54. The maximum Gasteiger partial charge on any atom is 0.146 e. The second kappa shape index (κ2) is 10.5. The molecule has 200 valence electrons. The van der Waals surface area contributed by atoms with Gasteiger partial charge in [-0.2, -0.15) is 5.26 Å². The maximum absolute atomic E-state index is 15.1. The summed E-state index contributed by atoms with van der Waals surface area (Å²) in [5.74, 6) is 0. The molecule has 1 fully saturated rings. The maximum atomic E-state index is 15.1. The Labute approximate surface area is 241 Å². The summed E-state index contributed by atoms with van der Waals surface area (Å²) in [6.45, 7) is 0. The van der Waals surface area contributed by atoms with E-state index >= 15 is 4.57 Å². The Bertz CT molecular complexity index is 1960. The summed E-state index contributed by atoms with van der Waals surface area (Å²) in [5, 5.41) is 13.7. The van der Waals surface area contributed by atoms with Crippen LogP contribution in [0.4, 0.5) is 0 Å². The van der Waals surface area contributed by atoms with E-state index in [2.05, 4.69) is 77.4 Å². The largest absolute Gasteiger partial charge is 0.313 e. The van der Waals surface area contributed by atoms with Gasteiger partial charge >= 0.3 is 0 Å². The van der Waals surface area contributed by atoms with E-state index in [-0.39, 0.29) is 5.66 Å². The van der Waals surface area contributed by atoms with Crippen molar-refractivity contribution in [2.45, 2.75) is 37.8 Å². The number of hydrogen-bond donors (Lipinski definition) is 0. The fourth-order valence-electron chi connectivity index (χ4n) is 6.68. The number of rotatable bonds is 5. The van der Waals surface area contributed by atoms with E-state index in [1.54, 1.807) is 0 Å². The zero-order valence-electron chi connectivity index (χ0n) is 22.9. The average molecular weight is 551 g/mol. The Balaban J connectivity index is 1.40. The molecule has 3 nitrogen and oxygen atoms in total. The van der Waals surface area contributed by atoms with Crippen LogP contribution in [-0.4, -0.2) is 10.2 Å². The zero-order chi connectivity index (χ0) is 27.8. The molecular formula is C37H31N2OP. The lowest BCUT2D eigenvalue weighted by Gasteiger charge is -2.31. The van der Waals surface area contributed by atoms with Crippen molar-refractivity contribution in [1.82, 2.24) is 4.57 Å². The number of para-hydroxylation sites is 1. The third kappa shape index (κ3) is 4.40. The monoisotopic (exact) mass is 550 g/mol. The SMILES string of the molecule is N#Cc1ccc2c(c1)c1cc(-c3cccc(P(=O)(c4ccccc4)C4CCCCC4)c3)ccc1n2-c1ccccc1. The molecule has 4 heteroatoms. The van der Waals surface area contributed by atoms with E-state index in [4.69, 9.17) is 0 Å². The van der Waals surface area contributed by atoms with Gasteiger partial charge in [-0.3, -0.25) is 0 Å². The summed E-state index contributed by atoms with van der Waals surface area (Å²) < 4.78 is 17.4. The lowest BCUT2D eigenvalue weighted by atomic mass is 10.0. The van der Waals surface area contributed by atoms with Crippen LogP contribution in [0, 0.1) is 11.3 Å². The summed E-state index contributed by atoms with van der Waals surface area (Å²) in [4.78, 5) is 0. The standard InChI is InChI=1S/C37H31N2OP/c38-26-27-19-21-36-34(23-27)35-25-29(20-22-37(35)39(36)30-12-4-1-5-13-30)28-11-10-18-33(24-28)41(40,31-14-6-2-7-15-31)32-16-8-3-9-17-32/h1-2,4-7,10-15,18-25,32H,3,8-9,16-17H2. The van der Waals surface area contributed by atoms with E-state index in [0.717, 1.165) is 74.9 Å². The van der Waals surface area contributed by atoms with Crippen LogP contribution in [0.15, 0.2) is 121 Å². The highest BCUT2D eigenvalue weighted by molar-refractivity contribution is 7.79. The predicted octanol–water partition coefficient (Wildman–Crippen LogP) is 8.97. The first-order valence-corrected chi connectivity index (χ1v) is 16.2. The van der Waals surface area contributed by atoms with Crippen LogP contribution in [0.5, 0.6) is 0 Å². The van der Waals surface area contributed by atoms with Gasteiger partial charge in [0.1, 0.15) is 7.14 Å². The Kier molecular flexibility index (Phi) is 6.58. The van der Waals surface area contributed by atoms with Crippen molar-refractivity contribution in [2.24, 2.45) is 0 Å². The molecule has 41 heavy (non-hydrogen) atoms. The number of nitriles is 1. The lowest BCUT2D eigenvalue weighted by Crippen LogP contribution is -2.27. The Morgan fingerprint density at radius 2 is 1.27 bits per heavy atom. The van der Waals surface area contributed by atoms with E-state index in [9.17, 15) is 5.26 Å². The molecule has 0 aliphatic heterocycles. The number of nitrogens with zero attached hydrogens (tertiary/aromatic N) is 2. The third-order valence-electron chi connectivity index (χ3n) is 8.70. The molecule has 1 aromatic heterocycles. The minimum absolute atomic E-state index is 0.185. The fourth-order valence-corrected chi connectivity index (χ4v) is 10.2. The van der Waals surface area contributed by atoms with E-state index in [0.29, 0.717) is 5.56 Å². The normalized spacial score (nSPS) is 15.5. The smallest absolute Gasteiger partial charge is 0.146 e. The zero-order valence-corrected chi connectivity index (χ0v) is 23.8. The van der Waals surface area contributed by atoms with Gasteiger partial charge in [0.15, 0.2) is 0 Å². The van der Waals surface area contributed by atoms with Crippen molar-refractivity contribution in [3.63, 3.8) is 0 Å². The molecule has 0 spiro atoms. The van der Waals surface area contributed by atoms with Crippen LogP contribution in [0.1, 0.15) is 37.7 Å². The van der Waals surface area contributed by atoms with E-state index in [1.807, 2.05) is 54.6 Å². The molecule has 0 amide bonds. The van der Waals surface area contributed by atoms with Gasteiger partial charge in [-0.1, -0.05) is 92.1 Å². The lowest BCUT2D eigenvalue weighted by molar-refractivity contribution is 0.490. The molecule has 7 rings (SSSR count). The molecule has 1 heterocycles. The highest BCUT2D eigenvalue weighted by atomic mass is 31.2. The molecule has 6 aromatic rings. The Hall–Kier alpha value is -4.38. The van der Waals surface area contributed by atoms with Gasteiger partial charge in [0.05, 0.1) is 22.7 Å². The van der Waals surface area contributed by atoms with Crippen LogP contribution < -0.4 is 10.6 Å². The number of benzene rings is 5. The number of aromatic nitrogens is 1. The van der Waals surface area contributed by atoms with E-state index < -0.39 is 7.14 Å². The van der Waals surface area contributed by atoms with E-state index in [1.165, 1.54) is 6.42 Å². The molecule has 0 radical (unpaired) electrons. The topological polar surface area (TPSA) is 45.8 Å². The minimum Gasteiger partial charge on any atom is -0.313 e. The van der Waals surface area contributed by atoms with Crippen LogP contribution in [-0.2, 0) is 4.57 Å². The van der Waals surface area contributed by atoms with Crippen LogP contribution >= 0.6 is 7.14 Å². The molecule has 1 unspecified atom stereocenters. The quantitative estimate of drug-likeness (QED) is 0.201. The summed E-state index contributed by atoms with van der Waals surface area (Å²) in [6.07, 6.45) is 5.56. The Morgan fingerprint density at radius 1 is 0.634 bits per heavy atom. The van der Waals surface area contributed by atoms with Gasteiger partial charge in [0.2, 0.25) is 0 Å². The summed E-state index contributed by atoms with van der Waals surface area (Å²) in [5.41, 5.74) is 6.23. The van der Waals surface area contributed by atoms with Gasteiger partial charge in [0, 0.05) is 32.7 Å². The summed E-state index contributed by atoms with van der Waals surface area (Å²) in [6, 6.07) is 43.7. The predicted molar refractivity (Wildman–Crippen MR) is 171 cm³/mol.